The number of nitrogens with zero attached hydrogens (tertiary/aromatic N) is 2. The summed E-state index contributed by atoms with van der Waals surface area (Å²) in [4.78, 5) is 17.8. The van der Waals surface area contributed by atoms with E-state index in [-0.39, 0.29) is 0 Å². The molecule has 1 aromatic carbocycles. The summed E-state index contributed by atoms with van der Waals surface area (Å²) in [6.07, 6.45) is 5.25. The Morgan fingerprint density at radius 2 is 1.96 bits per heavy atom. The van der Waals surface area contributed by atoms with Crippen LogP contribution in [-0.2, 0) is 4.79 Å². The lowest BCUT2D eigenvalue weighted by Crippen LogP contribution is -2.39. The summed E-state index contributed by atoms with van der Waals surface area (Å²) >= 11 is 3.62. The molecule has 3 rings (SSSR count). The van der Waals surface area contributed by atoms with Gasteiger partial charge < -0.3 is 5.11 Å². The van der Waals surface area contributed by atoms with Crippen molar-refractivity contribution in [3.05, 3.63) is 64.4 Å². The number of hydrogen-bond donors (Lipinski definition) is 1. The van der Waals surface area contributed by atoms with Crippen molar-refractivity contribution in [2.75, 3.05) is 13.1 Å². The topological polar surface area (TPSA) is 53.4 Å². The first-order chi connectivity index (χ1) is 11.2. The number of hydrogen-bond acceptors (Lipinski definition) is 3. The maximum atomic E-state index is 11.7. The quantitative estimate of drug-likeness (QED) is 0.882. The number of pyridine rings is 1. The maximum absolute atomic E-state index is 11.7. The van der Waals surface area contributed by atoms with Gasteiger partial charge in [0.15, 0.2) is 0 Å². The number of aromatic nitrogens is 1. The Hall–Kier alpha value is -1.72. The lowest BCUT2D eigenvalue weighted by atomic mass is 9.88. The molecule has 1 aliphatic rings. The third-order valence-electron chi connectivity index (χ3n) is 4.47. The van der Waals surface area contributed by atoms with E-state index in [1.165, 1.54) is 5.56 Å². The molecule has 0 radical (unpaired) electrons. The molecule has 0 spiro atoms. The number of carboxylic acids is 1. The summed E-state index contributed by atoms with van der Waals surface area (Å²) in [6.45, 7) is 1.55. The van der Waals surface area contributed by atoms with Gasteiger partial charge in [0.2, 0.25) is 0 Å². The third-order valence-corrected chi connectivity index (χ3v) is 5.20. The Bertz CT molecular complexity index is 670. The molecule has 1 atom stereocenters. The summed E-state index contributed by atoms with van der Waals surface area (Å²) in [5, 5.41) is 9.63. The number of likely N-dealkylation sites (tertiary alicyclic amines) is 1. The van der Waals surface area contributed by atoms with E-state index in [0.29, 0.717) is 5.92 Å². The molecule has 0 amide bonds. The zero-order valence-electron chi connectivity index (χ0n) is 12.7. The lowest BCUT2D eigenvalue weighted by molar-refractivity contribution is -0.144. The summed E-state index contributed by atoms with van der Waals surface area (Å²) in [5.41, 5.74) is 2.07. The second-order valence-corrected chi connectivity index (χ2v) is 6.71. The number of piperidine rings is 1. The highest BCUT2D eigenvalue weighted by atomic mass is 79.9. The first kappa shape index (κ1) is 16.1. The number of aliphatic carboxylic acids is 1. The fraction of sp³-hybridized carbons (Fsp3) is 0.333. The van der Waals surface area contributed by atoms with Crippen molar-refractivity contribution in [3.8, 4) is 0 Å². The Kier molecular flexibility index (Phi) is 5.08. The molecule has 23 heavy (non-hydrogen) atoms. The standard InChI is InChI=1S/C18H19BrN2O2/c19-16-6-2-1-5-15(16)13-7-10-21(11-8-13)17(18(22)23)14-4-3-9-20-12-14/h1-6,9,12-13,17H,7-8,10-11H2,(H,22,23). The van der Waals surface area contributed by atoms with Crippen LogP contribution in [0.1, 0.15) is 35.9 Å². The highest BCUT2D eigenvalue weighted by Crippen LogP contribution is 2.35. The van der Waals surface area contributed by atoms with E-state index in [1.54, 1.807) is 18.5 Å². The van der Waals surface area contributed by atoms with Crippen LogP contribution in [0.5, 0.6) is 0 Å². The molecule has 1 fully saturated rings. The molecule has 0 aliphatic carbocycles. The second-order valence-electron chi connectivity index (χ2n) is 5.86. The van der Waals surface area contributed by atoms with E-state index in [4.69, 9.17) is 0 Å². The number of benzene rings is 1. The summed E-state index contributed by atoms with van der Waals surface area (Å²) in [6, 6.07) is 11.3. The van der Waals surface area contributed by atoms with Crippen LogP contribution in [0.2, 0.25) is 0 Å². The molecule has 4 nitrogen and oxygen atoms in total. The fourth-order valence-corrected chi connectivity index (χ4v) is 3.93. The Morgan fingerprint density at radius 1 is 1.22 bits per heavy atom. The molecule has 0 bridgehead atoms. The van der Waals surface area contributed by atoms with Crippen LogP contribution in [0.15, 0.2) is 53.3 Å². The van der Waals surface area contributed by atoms with Gasteiger partial charge in [-0.25, -0.2) is 0 Å². The largest absolute Gasteiger partial charge is 0.480 e. The van der Waals surface area contributed by atoms with Gasteiger partial charge in [0.25, 0.3) is 0 Å². The van der Waals surface area contributed by atoms with Crippen LogP contribution in [0.25, 0.3) is 0 Å². The van der Waals surface area contributed by atoms with Gasteiger partial charge in [0.05, 0.1) is 0 Å². The Labute approximate surface area is 144 Å². The molecule has 5 heteroatoms. The van der Waals surface area contributed by atoms with E-state index in [0.717, 1.165) is 36.0 Å². The van der Waals surface area contributed by atoms with E-state index in [2.05, 4.69) is 39.1 Å². The minimum absolute atomic E-state index is 0.477. The first-order valence-corrected chi connectivity index (χ1v) is 8.57. The van der Waals surface area contributed by atoms with Gasteiger partial charge in [0, 0.05) is 16.9 Å². The SMILES string of the molecule is O=C(O)C(c1cccnc1)N1CCC(c2ccccc2Br)CC1. The molecule has 120 valence electrons. The zero-order chi connectivity index (χ0) is 16.2. The lowest BCUT2D eigenvalue weighted by Gasteiger charge is -2.36. The van der Waals surface area contributed by atoms with Crippen molar-refractivity contribution in [1.82, 2.24) is 9.88 Å². The zero-order valence-corrected chi connectivity index (χ0v) is 14.3. The van der Waals surface area contributed by atoms with Crippen LogP contribution in [0, 0.1) is 0 Å². The predicted octanol–water partition coefficient (Wildman–Crippen LogP) is 3.85. The van der Waals surface area contributed by atoms with Crippen LogP contribution in [0.3, 0.4) is 0 Å². The molecule has 2 heterocycles. The average molecular weight is 375 g/mol. The second kappa shape index (κ2) is 7.23. The van der Waals surface area contributed by atoms with E-state index < -0.39 is 12.0 Å². The Morgan fingerprint density at radius 3 is 2.57 bits per heavy atom. The first-order valence-electron chi connectivity index (χ1n) is 7.78. The van der Waals surface area contributed by atoms with Gasteiger partial charge in [-0.2, -0.15) is 0 Å². The van der Waals surface area contributed by atoms with E-state index >= 15 is 0 Å². The fourth-order valence-electron chi connectivity index (χ4n) is 3.32. The van der Waals surface area contributed by atoms with Crippen molar-refractivity contribution < 1.29 is 9.90 Å². The van der Waals surface area contributed by atoms with Gasteiger partial charge in [0.1, 0.15) is 6.04 Å². The predicted molar refractivity (Wildman–Crippen MR) is 92.3 cm³/mol. The van der Waals surface area contributed by atoms with Crippen LogP contribution in [0.4, 0.5) is 0 Å². The number of halogens is 1. The highest BCUT2D eigenvalue weighted by molar-refractivity contribution is 9.10. The van der Waals surface area contributed by atoms with Crippen molar-refractivity contribution in [2.45, 2.75) is 24.8 Å². The number of carboxylic acid groups (broad SMARTS) is 1. The van der Waals surface area contributed by atoms with Gasteiger partial charge >= 0.3 is 5.97 Å². The molecule has 0 saturated carbocycles. The number of carbonyl (C=O) groups is 1. The molecular formula is C18H19BrN2O2. The minimum atomic E-state index is -0.808. The molecule has 1 aliphatic heterocycles. The van der Waals surface area contributed by atoms with Gasteiger partial charge in [-0.15, -0.1) is 0 Å². The van der Waals surface area contributed by atoms with Crippen molar-refractivity contribution >= 4 is 21.9 Å². The average Bonchev–Trinajstić information content (AvgIpc) is 2.57. The van der Waals surface area contributed by atoms with Crippen molar-refractivity contribution in [1.29, 1.82) is 0 Å². The molecular weight excluding hydrogens is 356 g/mol. The van der Waals surface area contributed by atoms with Crippen molar-refractivity contribution in [2.24, 2.45) is 0 Å². The third kappa shape index (κ3) is 3.62. The molecule has 1 saturated heterocycles. The van der Waals surface area contributed by atoms with Crippen molar-refractivity contribution in [3.63, 3.8) is 0 Å². The normalized spacial score (nSPS) is 17.8. The van der Waals surface area contributed by atoms with E-state index in [9.17, 15) is 9.90 Å². The number of rotatable bonds is 4. The summed E-state index contributed by atoms with van der Waals surface area (Å²) in [5.74, 6) is -0.331. The monoisotopic (exact) mass is 374 g/mol. The molecule has 1 unspecified atom stereocenters. The van der Waals surface area contributed by atoms with Crippen LogP contribution in [-0.4, -0.2) is 34.0 Å². The maximum Gasteiger partial charge on any atom is 0.325 e. The smallest absolute Gasteiger partial charge is 0.325 e. The summed E-state index contributed by atoms with van der Waals surface area (Å²) in [7, 11) is 0. The van der Waals surface area contributed by atoms with Gasteiger partial charge in [-0.3, -0.25) is 14.7 Å². The van der Waals surface area contributed by atoms with Crippen LogP contribution < -0.4 is 0 Å². The summed E-state index contributed by atoms with van der Waals surface area (Å²) < 4.78 is 1.14. The Balaban J connectivity index is 1.72. The molecule has 1 aromatic heterocycles. The van der Waals surface area contributed by atoms with E-state index in [1.807, 2.05) is 17.0 Å². The molecule has 1 N–H and O–H groups in total. The minimum Gasteiger partial charge on any atom is -0.480 e. The molecule has 2 aromatic rings. The highest BCUT2D eigenvalue weighted by Gasteiger charge is 2.31. The van der Waals surface area contributed by atoms with Gasteiger partial charge in [-0.05, 0) is 55.1 Å². The van der Waals surface area contributed by atoms with Crippen LogP contribution >= 0.6 is 15.9 Å². The van der Waals surface area contributed by atoms with Gasteiger partial charge in [-0.1, -0.05) is 40.2 Å².